The molecule has 148 valence electrons. The van der Waals surface area contributed by atoms with Gasteiger partial charge in [0.2, 0.25) is 5.91 Å². The van der Waals surface area contributed by atoms with E-state index in [2.05, 4.69) is 4.98 Å². The number of piperidine rings is 1. The van der Waals surface area contributed by atoms with Crippen LogP contribution in [0.2, 0.25) is 5.02 Å². The van der Waals surface area contributed by atoms with E-state index in [0.29, 0.717) is 34.6 Å². The quantitative estimate of drug-likeness (QED) is 0.620. The first-order valence-electron chi connectivity index (χ1n) is 9.54. The Hall–Kier alpha value is -2.99. The van der Waals surface area contributed by atoms with Crippen LogP contribution in [-0.2, 0) is 11.3 Å². The number of para-hydroxylation sites is 1. The second kappa shape index (κ2) is 8.17. The van der Waals surface area contributed by atoms with E-state index in [1.165, 1.54) is 10.9 Å². The summed E-state index contributed by atoms with van der Waals surface area (Å²) < 4.78 is 1.33. The number of carbonyl (C=O) groups is 2. The highest BCUT2D eigenvalue weighted by Gasteiger charge is 2.29. The molecule has 4 rings (SSSR count). The van der Waals surface area contributed by atoms with Gasteiger partial charge in [-0.25, -0.2) is 4.98 Å². The molecule has 1 aliphatic rings. The Balaban J connectivity index is 1.48. The minimum atomic E-state index is -0.250. The molecular formula is C22H20ClN3O3. The van der Waals surface area contributed by atoms with Gasteiger partial charge in [-0.2, -0.15) is 0 Å². The summed E-state index contributed by atoms with van der Waals surface area (Å²) in [7, 11) is 0. The number of Topliss-reactive ketones (excluding diaryl/α,β-unsaturated/α-hetero) is 1. The lowest BCUT2D eigenvalue weighted by Gasteiger charge is -2.32. The van der Waals surface area contributed by atoms with Gasteiger partial charge in [0.25, 0.3) is 5.56 Å². The van der Waals surface area contributed by atoms with Crippen molar-refractivity contribution in [2.75, 3.05) is 13.1 Å². The Morgan fingerprint density at radius 3 is 2.66 bits per heavy atom. The normalized spacial score (nSPS) is 16.7. The maximum Gasteiger partial charge on any atom is 0.261 e. The molecule has 1 unspecified atom stereocenters. The van der Waals surface area contributed by atoms with E-state index >= 15 is 0 Å². The number of halogens is 1. The third kappa shape index (κ3) is 4.07. The van der Waals surface area contributed by atoms with Gasteiger partial charge in [-0.3, -0.25) is 19.0 Å². The van der Waals surface area contributed by atoms with Gasteiger partial charge < -0.3 is 4.90 Å². The maximum absolute atomic E-state index is 12.8. The molecule has 0 N–H and O–H groups in total. The van der Waals surface area contributed by atoms with Gasteiger partial charge in [0.05, 0.1) is 17.2 Å². The maximum atomic E-state index is 12.8. The zero-order chi connectivity index (χ0) is 20.4. The number of fused-ring (bicyclic) bond motifs is 1. The second-order valence-corrected chi connectivity index (χ2v) is 7.68. The van der Waals surface area contributed by atoms with E-state index in [1.54, 1.807) is 47.4 Å². The molecule has 3 aromatic rings. The smallest absolute Gasteiger partial charge is 0.261 e. The summed E-state index contributed by atoms with van der Waals surface area (Å²) in [6.07, 6.45) is 2.90. The number of ketones is 1. The Kier molecular flexibility index (Phi) is 5.45. The van der Waals surface area contributed by atoms with Crippen molar-refractivity contribution < 1.29 is 9.59 Å². The highest BCUT2D eigenvalue weighted by Crippen LogP contribution is 2.22. The van der Waals surface area contributed by atoms with Crippen LogP contribution in [-0.4, -0.2) is 39.2 Å². The van der Waals surface area contributed by atoms with Gasteiger partial charge in [-0.1, -0.05) is 23.7 Å². The fourth-order valence-corrected chi connectivity index (χ4v) is 3.86. The lowest BCUT2D eigenvalue weighted by Crippen LogP contribution is -2.44. The molecule has 2 heterocycles. The molecule has 1 fully saturated rings. The van der Waals surface area contributed by atoms with E-state index in [9.17, 15) is 14.4 Å². The van der Waals surface area contributed by atoms with Crippen molar-refractivity contribution >= 4 is 34.2 Å². The van der Waals surface area contributed by atoms with Crippen molar-refractivity contribution in [2.45, 2.75) is 19.4 Å². The largest absolute Gasteiger partial charge is 0.340 e. The van der Waals surface area contributed by atoms with Crippen molar-refractivity contribution in [1.82, 2.24) is 14.5 Å². The Morgan fingerprint density at radius 1 is 1.10 bits per heavy atom. The minimum absolute atomic E-state index is 0.0173. The van der Waals surface area contributed by atoms with Crippen LogP contribution in [0, 0.1) is 5.92 Å². The molecule has 1 saturated heterocycles. The number of hydrogen-bond donors (Lipinski definition) is 0. The van der Waals surface area contributed by atoms with Crippen LogP contribution in [0.15, 0.2) is 59.7 Å². The van der Waals surface area contributed by atoms with Gasteiger partial charge >= 0.3 is 0 Å². The van der Waals surface area contributed by atoms with E-state index in [-0.39, 0.29) is 29.7 Å². The number of likely N-dealkylation sites (tertiary alicyclic amines) is 1. The number of rotatable bonds is 4. The van der Waals surface area contributed by atoms with E-state index in [4.69, 9.17) is 11.6 Å². The molecule has 1 atom stereocenters. The van der Waals surface area contributed by atoms with Gasteiger partial charge in [0.15, 0.2) is 5.78 Å². The number of benzene rings is 2. The molecular weight excluding hydrogens is 390 g/mol. The van der Waals surface area contributed by atoms with E-state index < -0.39 is 0 Å². The van der Waals surface area contributed by atoms with Gasteiger partial charge in [0.1, 0.15) is 6.54 Å². The minimum Gasteiger partial charge on any atom is -0.340 e. The standard InChI is InChI=1S/C22H20ClN3O3/c23-17-9-7-15(8-10-17)21(28)16-4-3-11-25(12-16)20(27)13-26-14-24-19-6-2-1-5-18(19)22(26)29/h1-2,5-10,14,16H,3-4,11-13H2. The fraction of sp³-hybridized carbons (Fsp3) is 0.273. The van der Waals surface area contributed by atoms with Crippen LogP contribution >= 0.6 is 11.6 Å². The highest BCUT2D eigenvalue weighted by atomic mass is 35.5. The average Bonchev–Trinajstić information content (AvgIpc) is 2.76. The molecule has 1 aliphatic heterocycles. The first-order valence-corrected chi connectivity index (χ1v) is 9.92. The number of hydrogen-bond acceptors (Lipinski definition) is 4. The number of nitrogens with zero attached hydrogens (tertiary/aromatic N) is 3. The summed E-state index contributed by atoms with van der Waals surface area (Å²) in [4.78, 5) is 44.2. The summed E-state index contributed by atoms with van der Waals surface area (Å²) in [5.41, 5.74) is 0.964. The molecule has 0 spiro atoms. The lowest BCUT2D eigenvalue weighted by molar-refractivity contribution is -0.133. The van der Waals surface area contributed by atoms with Gasteiger partial charge in [0, 0.05) is 29.6 Å². The van der Waals surface area contributed by atoms with Crippen LogP contribution in [0.4, 0.5) is 0 Å². The predicted molar refractivity (Wildman–Crippen MR) is 111 cm³/mol. The predicted octanol–water partition coefficient (Wildman–Crippen LogP) is 3.17. The van der Waals surface area contributed by atoms with Crippen molar-refractivity contribution in [1.29, 1.82) is 0 Å². The van der Waals surface area contributed by atoms with Crippen molar-refractivity contribution in [3.05, 3.63) is 75.8 Å². The van der Waals surface area contributed by atoms with Crippen LogP contribution in [0.1, 0.15) is 23.2 Å². The molecule has 0 radical (unpaired) electrons. The Morgan fingerprint density at radius 2 is 1.86 bits per heavy atom. The van der Waals surface area contributed by atoms with Crippen molar-refractivity contribution in [3.8, 4) is 0 Å². The molecule has 2 aromatic carbocycles. The average molecular weight is 410 g/mol. The van der Waals surface area contributed by atoms with Crippen LogP contribution in [0.25, 0.3) is 10.9 Å². The summed E-state index contributed by atoms with van der Waals surface area (Å²) in [5.74, 6) is -0.415. The fourth-order valence-electron chi connectivity index (χ4n) is 3.73. The summed E-state index contributed by atoms with van der Waals surface area (Å²) in [6, 6.07) is 13.9. The van der Waals surface area contributed by atoms with Gasteiger partial charge in [-0.05, 0) is 49.2 Å². The molecule has 0 bridgehead atoms. The van der Waals surface area contributed by atoms with E-state index in [1.807, 2.05) is 6.07 Å². The number of carbonyl (C=O) groups excluding carboxylic acids is 2. The Labute approximate surface area is 172 Å². The third-order valence-corrected chi connectivity index (χ3v) is 5.56. The lowest BCUT2D eigenvalue weighted by atomic mass is 9.90. The summed E-state index contributed by atoms with van der Waals surface area (Å²) >= 11 is 5.90. The second-order valence-electron chi connectivity index (χ2n) is 7.24. The number of amides is 1. The van der Waals surface area contributed by atoms with Crippen molar-refractivity contribution in [2.24, 2.45) is 5.92 Å². The molecule has 6 nitrogen and oxygen atoms in total. The molecule has 0 aliphatic carbocycles. The third-order valence-electron chi connectivity index (χ3n) is 5.31. The molecule has 1 aromatic heterocycles. The summed E-state index contributed by atoms with van der Waals surface area (Å²) in [5, 5.41) is 1.06. The number of aromatic nitrogens is 2. The first-order chi connectivity index (χ1) is 14.0. The van der Waals surface area contributed by atoms with Crippen LogP contribution in [0.5, 0.6) is 0 Å². The molecule has 0 saturated carbocycles. The Bertz CT molecular complexity index is 1120. The van der Waals surface area contributed by atoms with Gasteiger partial charge in [-0.15, -0.1) is 0 Å². The molecule has 7 heteroatoms. The van der Waals surface area contributed by atoms with Crippen LogP contribution in [0.3, 0.4) is 0 Å². The van der Waals surface area contributed by atoms with E-state index in [0.717, 1.165) is 12.8 Å². The molecule has 29 heavy (non-hydrogen) atoms. The highest BCUT2D eigenvalue weighted by molar-refractivity contribution is 6.30. The monoisotopic (exact) mass is 409 g/mol. The first kappa shape index (κ1) is 19.3. The SMILES string of the molecule is O=C(c1ccc(Cl)cc1)C1CCCN(C(=O)Cn2cnc3ccccc3c2=O)C1. The zero-order valence-electron chi connectivity index (χ0n) is 15.8. The zero-order valence-corrected chi connectivity index (χ0v) is 16.5. The summed E-state index contributed by atoms with van der Waals surface area (Å²) in [6.45, 7) is 0.855. The van der Waals surface area contributed by atoms with Crippen molar-refractivity contribution in [3.63, 3.8) is 0 Å². The topological polar surface area (TPSA) is 72.3 Å². The molecule has 1 amide bonds. The van der Waals surface area contributed by atoms with Crippen LogP contribution < -0.4 is 5.56 Å².